The summed E-state index contributed by atoms with van der Waals surface area (Å²) in [5.74, 6) is -0.337. The molecule has 8 nitrogen and oxygen atoms in total. The average molecular weight is 362 g/mol. The van der Waals surface area contributed by atoms with Gasteiger partial charge in [0.1, 0.15) is 11.2 Å². The van der Waals surface area contributed by atoms with Crippen molar-refractivity contribution in [1.29, 1.82) is 0 Å². The third kappa shape index (κ3) is 3.82. The molecule has 0 fully saturated rings. The summed E-state index contributed by atoms with van der Waals surface area (Å²) in [6, 6.07) is 1.06. The highest BCUT2D eigenvalue weighted by atomic mass is 32.2. The summed E-state index contributed by atoms with van der Waals surface area (Å²) >= 11 is 0. The molecule has 0 aliphatic carbocycles. The first-order valence-electron chi connectivity index (χ1n) is 6.35. The molecule has 0 aliphatic heterocycles. The summed E-state index contributed by atoms with van der Waals surface area (Å²) < 4.78 is 66.8. The van der Waals surface area contributed by atoms with Crippen LogP contribution in [-0.4, -0.2) is 48.5 Å². The third-order valence-corrected chi connectivity index (χ3v) is 3.90. The molecule has 0 aromatic carbocycles. The minimum absolute atomic E-state index is 0.0144. The van der Waals surface area contributed by atoms with Gasteiger partial charge in [-0.05, 0) is 6.07 Å². The first-order chi connectivity index (χ1) is 11.0. The molecule has 0 aliphatic rings. The monoisotopic (exact) mass is 362 g/mol. The Kier molecular flexibility index (Phi) is 4.51. The van der Waals surface area contributed by atoms with Crippen LogP contribution in [0.25, 0.3) is 5.82 Å². The van der Waals surface area contributed by atoms with E-state index in [1.807, 2.05) is 0 Å². The Morgan fingerprint density at radius 1 is 1.33 bits per heavy atom. The van der Waals surface area contributed by atoms with Gasteiger partial charge in [-0.2, -0.15) is 26.7 Å². The van der Waals surface area contributed by atoms with Crippen LogP contribution in [0.15, 0.2) is 34.0 Å². The average Bonchev–Trinajstić information content (AvgIpc) is 2.95. The molecule has 2 N–H and O–H groups in total. The molecule has 24 heavy (non-hydrogen) atoms. The zero-order chi connectivity index (χ0) is 18.1. The van der Waals surface area contributed by atoms with Crippen LogP contribution < -0.4 is 5.73 Å². The standard InChI is InChI=1S/C12H13F3N6O2S/c1-20(2)7-19-24(22,23)10-3-9(16)5-17-11(10)21-6-8(4-18-21)12(13,14)15/h3-7H,16H2,1-2H3/b19-7+. The van der Waals surface area contributed by atoms with E-state index < -0.39 is 26.7 Å². The predicted molar refractivity (Wildman–Crippen MR) is 80.1 cm³/mol. The Hall–Kier alpha value is -2.63. The number of hydrogen-bond acceptors (Lipinski definition) is 5. The van der Waals surface area contributed by atoms with Crippen LogP contribution in [0.3, 0.4) is 0 Å². The van der Waals surface area contributed by atoms with Crippen LogP contribution in [0.4, 0.5) is 18.9 Å². The maximum atomic E-state index is 12.7. The molecule has 0 saturated carbocycles. The van der Waals surface area contributed by atoms with Crippen molar-refractivity contribution >= 4 is 22.0 Å². The second-order valence-corrected chi connectivity index (χ2v) is 6.52. The molecule has 0 unspecified atom stereocenters. The number of alkyl halides is 3. The van der Waals surface area contributed by atoms with Crippen LogP contribution in [0, 0.1) is 0 Å². The van der Waals surface area contributed by atoms with Crippen LogP contribution in [-0.2, 0) is 16.2 Å². The highest BCUT2D eigenvalue weighted by molar-refractivity contribution is 7.90. The van der Waals surface area contributed by atoms with Crippen molar-refractivity contribution in [1.82, 2.24) is 19.7 Å². The maximum absolute atomic E-state index is 12.7. The third-order valence-electron chi connectivity index (χ3n) is 2.68. The fourth-order valence-electron chi connectivity index (χ4n) is 1.61. The molecule has 0 radical (unpaired) electrons. The van der Waals surface area contributed by atoms with E-state index in [2.05, 4.69) is 14.5 Å². The van der Waals surface area contributed by atoms with E-state index in [9.17, 15) is 21.6 Å². The summed E-state index contributed by atoms with van der Waals surface area (Å²) in [6.07, 6.45) is -1.27. The molecular formula is C12H13F3N6O2S. The van der Waals surface area contributed by atoms with Gasteiger partial charge in [-0.15, -0.1) is 4.40 Å². The second-order valence-electron chi connectivity index (χ2n) is 4.92. The lowest BCUT2D eigenvalue weighted by Crippen LogP contribution is -2.13. The van der Waals surface area contributed by atoms with E-state index in [0.29, 0.717) is 17.1 Å². The molecular weight excluding hydrogens is 349 g/mol. The smallest absolute Gasteiger partial charge is 0.397 e. The SMILES string of the molecule is CN(C)/C=N/S(=O)(=O)c1cc(N)cnc1-n1cc(C(F)(F)F)cn1. The topological polar surface area (TPSA) is 106 Å². The zero-order valence-corrected chi connectivity index (χ0v) is 13.4. The lowest BCUT2D eigenvalue weighted by atomic mass is 10.3. The van der Waals surface area contributed by atoms with E-state index in [4.69, 9.17) is 5.73 Å². The Labute approximate surface area is 135 Å². The van der Waals surface area contributed by atoms with Crippen LogP contribution in [0.2, 0.25) is 0 Å². The van der Waals surface area contributed by atoms with Gasteiger partial charge in [0.05, 0.1) is 23.6 Å². The largest absolute Gasteiger partial charge is 0.419 e. The molecule has 0 saturated heterocycles. The van der Waals surface area contributed by atoms with Crippen molar-refractivity contribution in [2.75, 3.05) is 19.8 Å². The molecule has 2 aromatic heterocycles. The first kappa shape index (κ1) is 17.7. The van der Waals surface area contributed by atoms with Crippen molar-refractivity contribution < 1.29 is 21.6 Å². The minimum atomic E-state index is -4.62. The molecule has 0 spiro atoms. The van der Waals surface area contributed by atoms with Crippen molar-refractivity contribution in [3.8, 4) is 5.82 Å². The lowest BCUT2D eigenvalue weighted by molar-refractivity contribution is -0.137. The maximum Gasteiger partial charge on any atom is 0.419 e. The number of pyridine rings is 1. The Morgan fingerprint density at radius 2 is 2.00 bits per heavy atom. The lowest BCUT2D eigenvalue weighted by Gasteiger charge is -2.09. The normalized spacial score (nSPS) is 12.7. The van der Waals surface area contributed by atoms with Gasteiger partial charge in [-0.25, -0.2) is 9.67 Å². The van der Waals surface area contributed by atoms with Crippen molar-refractivity contribution in [2.24, 2.45) is 4.40 Å². The summed E-state index contributed by atoms with van der Waals surface area (Å²) in [6.45, 7) is 0. The summed E-state index contributed by atoms with van der Waals surface area (Å²) in [5, 5.41) is 3.52. The molecule has 0 amide bonds. The minimum Gasteiger partial charge on any atom is -0.397 e. The van der Waals surface area contributed by atoms with Crippen LogP contribution in [0.1, 0.15) is 5.56 Å². The van der Waals surface area contributed by atoms with Gasteiger partial charge in [-0.3, -0.25) is 0 Å². The fraction of sp³-hybridized carbons (Fsp3) is 0.250. The zero-order valence-electron chi connectivity index (χ0n) is 12.6. The molecule has 0 bridgehead atoms. The Morgan fingerprint density at radius 3 is 2.54 bits per heavy atom. The van der Waals surface area contributed by atoms with Gasteiger partial charge < -0.3 is 10.6 Å². The number of hydrogen-bond donors (Lipinski definition) is 1. The second kappa shape index (κ2) is 6.11. The highest BCUT2D eigenvalue weighted by Crippen LogP contribution is 2.30. The number of nitrogens with two attached hydrogens (primary N) is 1. The van der Waals surface area contributed by atoms with Crippen molar-refractivity contribution in [3.05, 3.63) is 30.2 Å². The van der Waals surface area contributed by atoms with E-state index in [-0.39, 0.29) is 11.5 Å². The van der Waals surface area contributed by atoms with Crippen LogP contribution in [0.5, 0.6) is 0 Å². The Bertz CT molecular complexity index is 873. The molecule has 2 rings (SSSR count). The van der Waals surface area contributed by atoms with Crippen LogP contribution >= 0.6 is 0 Å². The van der Waals surface area contributed by atoms with E-state index in [1.165, 1.54) is 4.90 Å². The number of sulfonamides is 1. The van der Waals surface area contributed by atoms with Gasteiger partial charge in [0.2, 0.25) is 0 Å². The number of nitrogens with zero attached hydrogens (tertiary/aromatic N) is 5. The quantitative estimate of drug-likeness (QED) is 0.646. The van der Waals surface area contributed by atoms with Gasteiger partial charge in [0, 0.05) is 20.3 Å². The predicted octanol–water partition coefficient (Wildman–Crippen LogP) is 1.15. The molecule has 12 heteroatoms. The number of rotatable bonds is 4. The summed E-state index contributed by atoms with van der Waals surface area (Å²) in [5.41, 5.74) is 4.51. The summed E-state index contributed by atoms with van der Waals surface area (Å²) in [7, 11) is -1.13. The van der Waals surface area contributed by atoms with Gasteiger partial charge in [0.15, 0.2) is 5.82 Å². The fourth-order valence-corrected chi connectivity index (χ4v) is 2.70. The number of anilines is 1. The summed E-state index contributed by atoms with van der Waals surface area (Å²) in [4.78, 5) is 4.70. The van der Waals surface area contributed by atoms with Gasteiger partial charge >= 0.3 is 6.18 Å². The van der Waals surface area contributed by atoms with Gasteiger partial charge in [-0.1, -0.05) is 0 Å². The van der Waals surface area contributed by atoms with E-state index in [0.717, 1.165) is 18.6 Å². The molecule has 2 aromatic rings. The van der Waals surface area contributed by atoms with Gasteiger partial charge in [0.25, 0.3) is 10.0 Å². The van der Waals surface area contributed by atoms with E-state index in [1.54, 1.807) is 14.1 Å². The Balaban J connectivity index is 2.59. The first-order valence-corrected chi connectivity index (χ1v) is 7.79. The number of nitrogen functional groups attached to an aromatic ring is 1. The molecule has 2 heterocycles. The number of halogens is 3. The molecule has 130 valence electrons. The molecule has 0 atom stereocenters. The van der Waals surface area contributed by atoms with Crippen molar-refractivity contribution in [2.45, 2.75) is 11.1 Å². The number of aromatic nitrogens is 3. The van der Waals surface area contributed by atoms with Crippen molar-refractivity contribution in [3.63, 3.8) is 0 Å². The highest BCUT2D eigenvalue weighted by Gasteiger charge is 2.33. The van der Waals surface area contributed by atoms with E-state index >= 15 is 0 Å².